The van der Waals surface area contributed by atoms with Crippen LogP contribution in [0.1, 0.15) is 80.0 Å². The molecular weight excluding hydrogens is 494 g/mol. The molecule has 0 amide bonds. The molecule has 0 aliphatic carbocycles. The van der Waals surface area contributed by atoms with Crippen LogP contribution in [0.15, 0.2) is 40.9 Å². The minimum atomic E-state index is -4.06. The molecule has 7 nitrogen and oxygen atoms in total. The molecule has 3 rings (SSSR count). The number of carbonyl (C=O) groups is 1. The molecule has 0 saturated heterocycles. The van der Waals surface area contributed by atoms with E-state index in [2.05, 4.69) is 16.5 Å². The molecule has 0 radical (unpaired) electrons. The monoisotopic (exact) mass is 531 g/mol. The summed E-state index contributed by atoms with van der Waals surface area (Å²) < 4.78 is 33.0. The number of nitrogens with two attached hydrogens (primary N) is 1. The standard InChI is InChI=1S/C27H37N3O4S2/c1-5-7-12-23-29-13-14-30(23)18-20-10-9-11-21(17-20)24-25(26(31)34-15-8-6-2)22(16-19(3)4)35-27(24)36(28,32)33/h9-11,13-14,17,19H,5-8,12,15-16,18H2,1-4H3,(H2,28,32,33). The Labute approximate surface area is 218 Å². The molecule has 2 N–H and O–H groups in total. The summed E-state index contributed by atoms with van der Waals surface area (Å²) in [6.45, 7) is 9.12. The number of sulfonamides is 1. The number of rotatable bonds is 13. The highest BCUT2D eigenvalue weighted by Crippen LogP contribution is 2.41. The minimum Gasteiger partial charge on any atom is -0.462 e. The van der Waals surface area contributed by atoms with E-state index in [1.54, 1.807) is 6.20 Å². The largest absolute Gasteiger partial charge is 0.462 e. The second-order valence-electron chi connectivity index (χ2n) is 9.47. The SMILES string of the molecule is CCCCOC(=O)c1c(CC(C)C)sc(S(N)(=O)=O)c1-c1cccc(Cn2ccnc2CCCC)c1. The zero-order chi connectivity index (χ0) is 26.3. The van der Waals surface area contributed by atoms with Crippen molar-refractivity contribution in [2.24, 2.45) is 11.1 Å². The molecule has 196 valence electrons. The number of unbranched alkanes of at least 4 members (excludes halogenated alkanes) is 2. The van der Waals surface area contributed by atoms with Crippen LogP contribution in [0, 0.1) is 5.92 Å². The van der Waals surface area contributed by atoms with E-state index in [1.807, 2.05) is 51.2 Å². The smallest absolute Gasteiger partial charge is 0.339 e. The van der Waals surface area contributed by atoms with E-state index >= 15 is 0 Å². The van der Waals surface area contributed by atoms with Gasteiger partial charge in [0.05, 0.1) is 12.2 Å². The molecule has 1 aromatic carbocycles. The third-order valence-electron chi connectivity index (χ3n) is 5.86. The molecule has 9 heteroatoms. The van der Waals surface area contributed by atoms with Crippen molar-refractivity contribution in [1.29, 1.82) is 0 Å². The number of thiophene rings is 1. The first-order valence-electron chi connectivity index (χ1n) is 12.6. The van der Waals surface area contributed by atoms with Crippen molar-refractivity contribution in [3.63, 3.8) is 0 Å². The van der Waals surface area contributed by atoms with Gasteiger partial charge in [-0.3, -0.25) is 0 Å². The van der Waals surface area contributed by atoms with Crippen LogP contribution < -0.4 is 5.14 Å². The molecule has 0 unspecified atom stereocenters. The number of carbonyl (C=O) groups excluding carboxylic acids is 1. The van der Waals surface area contributed by atoms with Crippen LogP contribution >= 0.6 is 11.3 Å². The van der Waals surface area contributed by atoms with Gasteiger partial charge in [-0.2, -0.15) is 0 Å². The number of esters is 1. The summed E-state index contributed by atoms with van der Waals surface area (Å²) in [5.74, 6) is 0.741. The fourth-order valence-corrected chi connectivity index (χ4v) is 6.62. The highest BCUT2D eigenvalue weighted by molar-refractivity contribution is 7.91. The minimum absolute atomic E-state index is 0.00371. The summed E-state index contributed by atoms with van der Waals surface area (Å²) >= 11 is 1.08. The number of primary sulfonamides is 1. The van der Waals surface area contributed by atoms with E-state index in [-0.39, 0.29) is 16.7 Å². The third-order valence-corrected chi connectivity index (χ3v) is 8.53. The van der Waals surface area contributed by atoms with E-state index in [4.69, 9.17) is 9.88 Å². The van der Waals surface area contributed by atoms with Crippen molar-refractivity contribution in [1.82, 2.24) is 9.55 Å². The van der Waals surface area contributed by atoms with Crippen molar-refractivity contribution in [3.8, 4) is 11.1 Å². The molecule has 0 atom stereocenters. The fraction of sp³-hybridized carbons (Fsp3) is 0.481. The Morgan fingerprint density at radius 2 is 1.94 bits per heavy atom. The maximum absolute atomic E-state index is 13.3. The van der Waals surface area contributed by atoms with Crippen molar-refractivity contribution >= 4 is 27.3 Å². The van der Waals surface area contributed by atoms with Crippen LogP contribution in [0.2, 0.25) is 0 Å². The Morgan fingerprint density at radius 3 is 2.61 bits per heavy atom. The topological polar surface area (TPSA) is 104 Å². The van der Waals surface area contributed by atoms with Gasteiger partial charge >= 0.3 is 5.97 Å². The molecule has 36 heavy (non-hydrogen) atoms. The summed E-state index contributed by atoms with van der Waals surface area (Å²) in [6.07, 6.45) is 8.99. The summed E-state index contributed by atoms with van der Waals surface area (Å²) in [5, 5.41) is 5.66. The van der Waals surface area contributed by atoms with Gasteiger partial charge in [0.25, 0.3) is 0 Å². The Morgan fingerprint density at radius 1 is 1.19 bits per heavy atom. The number of hydrogen-bond donors (Lipinski definition) is 1. The van der Waals surface area contributed by atoms with Crippen LogP contribution in [0.5, 0.6) is 0 Å². The average molecular weight is 532 g/mol. The van der Waals surface area contributed by atoms with Gasteiger partial charge in [-0.25, -0.2) is 23.3 Å². The second kappa shape index (κ2) is 12.7. The first-order chi connectivity index (χ1) is 17.2. The Hall–Kier alpha value is -2.49. The average Bonchev–Trinajstić information content (AvgIpc) is 3.41. The van der Waals surface area contributed by atoms with Gasteiger partial charge in [-0.05, 0) is 42.4 Å². The number of hydrogen-bond acceptors (Lipinski definition) is 6. The van der Waals surface area contributed by atoms with Crippen LogP contribution in [0.3, 0.4) is 0 Å². The first kappa shape index (κ1) is 28.1. The lowest BCUT2D eigenvalue weighted by molar-refractivity contribution is 0.0500. The first-order valence-corrected chi connectivity index (χ1v) is 15.0. The van der Waals surface area contributed by atoms with Gasteiger partial charge in [-0.15, -0.1) is 11.3 Å². The van der Waals surface area contributed by atoms with Crippen LogP contribution in [-0.2, 0) is 34.1 Å². The van der Waals surface area contributed by atoms with Gasteiger partial charge in [0.2, 0.25) is 10.0 Å². The molecule has 0 aliphatic rings. The lowest BCUT2D eigenvalue weighted by Crippen LogP contribution is -2.13. The molecule has 3 aromatic rings. The highest BCUT2D eigenvalue weighted by Gasteiger charge is 2.30. The molecule has 2 aromatic heterocycles. The van der Waals surface area contributed by atoms with Crippen molar-refractivity contribution in [3.05, 3.63) is 58.5 Å². The second-order valence-corrected chi connectivity index (χ2v) is 12.3. The predicted octanol–water partition coefficient (Wildman–Crippen LogP) is 5.81. The highest BCUT2D eigenvalue weighted by atomic mass is 32.2. The van der Waals surface area contributed by atoms with Gasteiger partial charge in [-0.1, -0.05) is 58.7 Å². The van der Waals surface area contributed by atoms with E-state index in [0.29, 0.717) is 34.5 Å². The van der Waals surface area contributed by atoms with Crippen molar-refractivity contribution in [2.45, 2.75) is 77.0 Å². The molecule has 2 heterocycles. The van der Waals surface area contributed by atoms with Gasteiger partial charge in [0, 0.05) is 35.8 Å². The van der Waals surface area contributed by atoms with Crippen molar-refractivity contribution in [2.75, 3.05) is 6.61 Å². The number of aryl methyl sites for hydroxylation is 1. The number of imidazole rings is 1. The van der Waals surface area contributed by atoms with Crippen molar-refractivity contribution < 1.29 is 17.9 Å². The summed E-state index contributed by atoms with van der Waals surface area (Å²) in [5.41, 5.74) is 2.28. The third kappa shape index (κ3) is 7.05. The quantitative estimate of drug-likeness (QED) is 0.222. The van der Waals surface area contributed by atoms with E-state index < -0.39 is 16.0 Å². The molecule has 0 spiro atoms. The van der Waals surface area contributed by atoms with Gasteiger partial charge < -0.3 is 9.30 Å². The zero-order valence-corrected chi connectivity index (χ0v) is 23.3. The van der Waals surface area contributed by atoms with E-state index in [0.717, 1.165) is 54.8 Å². The number of nitrogens with zero attached hydrogens (tertiary/aromatic N) is 2. The maximum atomic E-state index is 13.3. The Balaban J connectivity index is 2.10. The molecule has 0 aliphatic heterocycles. The van der Waals surface area contributed by atoms with Crippen LogP contribution in [0.4, 0.5) is 0 Å². The Bertz CT molecular complexity index is 1280. The predicted molar refractivity (Wildman–Crippen MR) is 145 cm³/mol. The molecule has 0 bridgehead atoms. The maximum Gasteiger partial charge on any atom is 0.339 e. The van der Waals surface area contributed by atoms with Gasteiger partial charge in [0.1, 0.15) is 10.0 Å². The zero-order valence-electron chi connectivity index (χ0n) is 21.6. The number of aromatic nitrogens is 2. The van der Waals surface area contributed by atoms with E-state index in [9.17, 15) is 13.2 Å². The lowest BCUT2D eigenvalue weighted by Gasteiger charge is -2.12. The molecule has 0 fully saturated rings. The van der Waals surface area contributed by atoms with E-state index in [1.165, 1.54) is 0 Å². The normalized spacial score (nSPS) is 11.8. The number of benzene rings is 1. The summed E-state index contributed by atoms with van der Waals surface area (Å²) in [4.78, 5) is 18.5. The van der Waals surface area contributed by atoms with Crippen LogP contribution in [0.25, 0.3) is 11.1 Å². The summed E-state index contributed by atoms with van der Waals surface area (Å²) in [7, 11) is -4.06. The molecule has 0 saturated carbocycles. The number of ether oxygens (including phenoxy) is 1. The van der Waals surface area contributed by atoms with Gasteiger partial charge in [0.15, 0.2) is 0 Å². The fourth-order valence-electron chi connectivity index (χ4n) is 4.10. The van der Waals surface area contributed by atoms with Crippen LogP contribution in [-0.4, -0.2) is 30.5 Å². The molecular formula is C27H37N3O4S2. The summed E-state index contributed by atoms with van der Waals surface area (Å²) in [6, 6.07) is 7.63. The lowest BCUT2D eigenvalue weighted by atomic mass is 9.98. The Kier molecular flexibility index (Phi) is 9.87.